The van der Waals surface area contributed by atoms with E-state index in [1.165, 1.54) is 0 Å². The molecule has 0 aromatic carbocycles. The maximum absolute atomic E-state index is 10.9. The first-order valence-corrected chi connectivity index (χ1v) is 3.73. The van der Waals surface area contributed by atoms with Gasteiger partial charge in [-0.1, -0.05) is 0 Å². The summed E-state index contributed by atoms with van der Waals surface area (Å²) >= 11 is 0. The summed E-state index contributed by atoms with van der Waals surface area (Å²) in [5.41, 5.74) is 5.45. The molecule has 1 saturated carbocycles. The molecule has 0 bridgehead atoms. The molecular formula is C7H14N2O. The van der Waals surface area contributed by atoms with E-state index in [2.05, 4.69) is 5.32 Å². The van der Waals surface area contributed by atoms with E-state index in [9.17, 15) is 4.79 Å². The van der Waals surface area contributed by atoms with Crippen molar-refractivity contribution in [1.82, 2.24) is 5.32 Å². The lowest BCUT2D eigenvalue weighted by atomic mass is 10.3. The Morgan fingerprint density at radius 1 is 1.80 bits per heavy atom. The lowest BCUT2D eigenvalue weighted by molar-refractivity contribution is -0.122. The van der Waals surface area contributed by atoms with Crippen LogP contribution in [0.4, 0.5) is 0 Å². The number of carbonyl (C=O) groups excluding carboxylic acids is 1. The van der Waals surface area contributed by atoms with Crippen molar-refractivity contribution in [3.05, 3.63) is 0 Å². The zero-order valence-corrected chi connectivity index (χ0v) is 6.26. The Morgan fingerprint density at radius 3 is 2.80 bits per heavy atom. The molecule has 1 aliphatic carbocycles. The minimum absolute atomic E-state index is 0.0719. The van der Waals surface area contributed by atoms with Crippen LogP contribution in [-0.2, 0) is 4.79 Å². The zero-order valence-electron chi connectivity index (χ0n) is 6.26. The number of nitrogens with two attached hydrogens (primary N) is 1. The molecule has 1 atom stereocenters. The van der Waals surface area contributed by atoms with Gasteiger partial charge in [0.1, 0.15) is 0 Å². The van der Waals surface area contributed by atoms with Crippen molar-refractivity contribution in [3.8, 4) is 0 Å². The summed E-state index contributed by atoms with van der Waals surface area (Å²) < 4.78 is 0. The normalized spacial score (nSPS) is 20.2. The van der Waals surface area contributed by atoms with Gasteiger partial charge in [-0.15, -0.1) is 0 Å². The fourth-order valence-corrected chi connectivity index (χ4v) is 0.751. The number of carbonyl (C=O) groups is 1. The molecule has 10 heavy (non-hydrogen) atoms. The van der Waals surface area contributed by atoms with E-state index in [0.29, 0.717) is 12.5 Å². The first kappa shape index (κ1) is 7.54. The van der Waals surface area contributed by atoms with Crippen LogP contribution in [-0.4, -0.2) is 18.5 Å². The number of amides is 1. The monoisotopic (exact) mass is 142 g/mol. The molecule has 1 aliphatic rings. The molecule has 0 saturated heterocycles. The maximum atomic E-state index is 10.9. The van der Waals surface area contributed by atoms with Crippen LogP contribution < -0.4 is 11.1 Å². The highest BCUT2D eigenvalue weighted by atomic mass is 16.2. The minimum atomic E-state index is 0.0719. The number of nitrogens with one attached hydrogen (secondary N) is 1. The first-order chi connectivity index (χ1) is 4.70. The summed E-state index contributed by atoms with van der Waals surface area (Å²) in [6.45, 7) is 2.49. The summed E-state index contributed by atoms with van der Waals surface area (Å²) in [7, 11) is 0. The fourth-order valence-electron chi connectivity index (χ4n) is 0.751. The van der Waals surface area contributed by atoms with Gasteiger partial charge in [0.2, 0.25) is 5.91 Å². The molecule has 3 N–H and O–H groups in total. The highest BCUT2D eigenvalue weighted by molar-refractivity contribution is 5.80. The maximum Gasteiger partial charge on any atom is 0.223 e. The van der Waals surface area contributed by atoms with Gasteiger partial charge in [-0.25, -0.2) is 0 Å². The van der Waals surface area contributed by atoms with Crippen LogP contribution >= 0.6 is 0 Å². The zero-order chi connectivity index (χ0) is 7.56. The molecule has 1 unspecified atom stereocenters. The highest BCUT2D eigenvalue weighted by Crippen LogP contribution is 2.28. The predicted octanol–water partition coefficient (Wildman–Crippen LogP) is -0.140. The standard InChI is InChI=1S/C7H14N2O/c1-5(8)4-9-7(10)6-2-3-6/h5-6H,2-4,8H2,1H3,(H,9,10). The second-order valence-corrected chi connectivity index (χ2v) is 3.00. The van der Waals surface area contributed by atoms with Gasteiger partial charge in [0.05, 0.1) is 0 Å². The molecule has 0 aromatic rings. The molecule has 3 nitrogen and oxygen atoms in total. The van der Waals surface area contributed by atoms with Gasteiger partial charge in [0.25, 0.3) is 0 Å². The summed E-state index contributed by atoms with van der Waals surface area (Å²) in [5.74, 6) is 0.482. The van der Waals surface area contributed by atoms with Gasteiger partial charge in [-0.05, 0) is 19.8 Å². The van der Waals surface area contributed by atoms with Crippen LogP contribution in [0, 0.1) is 5.92 Å². The lowest BCUT2D eigenvalue weighted by Crippen LogP contribution is -2.35. The summed E-state index contributed by atoms with van der Waals surface area (Å²) in [5, 5.41) is 2.78. The van der Waals surface area contributed by atoms with Crippen molar-refractivity contribution in [2.75, 3.05) is 6.54 Å². The molecule has 1 rings (SSSR count). The average molecular weight is 142 g/mol. The molecule has 0 heterocycles. The molecule has 0 aromatic heterocycles. The minimum Gasteiger partial charge on any atom is -0.354 e. The van der Waals surface area contributed by atoms with E-state index >= 15 is 0 Å². The smallest absolute Gasteiger partial charge is 0.223 e. The Balaban J connectivity index is 2.06. The molecule has 0 spiro atoms. The van der Waals surface area contributed by atoms with Crippen LogP contribution in [0.15, 0.2) is 0 Å². The van der Waals surface area contributed by atoms with Crippen molar-refractivity contribution in [2.45, 2.75) is 25.8 Å². The second-order valence-electron chi connectivity index (χ2n) is 3.00. The largest absolute Gasteiger partial charge is 0.354 e. The summed E-state index contributed by atoms with van der Waals surface area (Å²) in [6, 6.07) is 0.0719. The summed E-state index contributed by atoms with van der Waals surface area (Å²) in [4.78, 5) is 10.9. The molecule has 0 aliphatic heterocycles. The third-order valence-electron chi connectivity index (χ3n) is 1.55. The molecule has 58 valence electrons. The van der Waals surface area contributed by atoms with Crippen molar-refractivity contribution < 1.29 is 4.79 Å². The van der Waals surface area contributed by atoms with Crippen molar-refractivity contribution in [3.63, 3.8) is 0 Å². The Bertz CT molecular complexity index is 130. The lowest BCUT2D eigenvalue weighted by Gasteiger charge is -2.05. The van der Waals surface area contributed by atoms with Crippen LogP contribution in [0.25, 0.3) is 0 Å². The van der Waals surface area contributed by atoms with E-state index in [1.807, 2.05) is 6.92 Å². The second kappa shape index (κ2) is 3.01. The van der Waals surface area contributed by atoms with Crippen molar-refractivity contribution in [2.24, 2.45) is 11.7 Å². The van der Waals surface area contributed by atoms with Crippen LogP contribution in [0.2, 0.25) is 0 Å². The predicted molar refractivity (Wildman–Crippen MR) is 39.4 cm³/mol. The van der Waals surface area contributed by atoms with Crippen molar-refractivity contribution in [1.29, 1.82) is 0 Å². The fraction of sp³-hybridized carbons (Fsp3) is 0.857. The van der Waals surface area contributed by atoms with Gasteiger partial charge < -0.3 is 11.1 Å². The quantitative estimate of drug-likeness (QED) is 0.576. The van der Waals surface area contributed by atoms with Crippen LogP contribution in [0.3, 0.4) is 0 Å². The number of hydrogen-bond donors (Lipinski definition) is 2. The molecule has 0 radical (unpaired) electrons. The SMILES string of the molecule is CC(N)CNC(=O)C1CC1. The van der Waals surface area contributed by atoms with Gasteiger partial charge in [-0.2, -0.15) is 0 Å². The van der Waals surface area contributed by atoms with Crippen LogP contribution in [0.5, 0.6) is 0 Å². The van der Waals surface area contributed by atoms with E-state index in [1.54, 1.807) is 0 Å². The third-order valence-corrected chi connectivity index (χ3v) is 1.55. The highest BCUT2D eigenvalue weighted by Gasteiger charge is 2.29. The van der Waals surface area contributed by atoms with E-state index in [0.717, 1.165) is 12.8 Å². The van der Waals surface area contributed by atoms with Gasteiger partial charge >= 0.3 is 0 Å². The van der Waals surface area contributed by atoms with Gasteiger partial charge in [-0.3, -0.25) is 4.79 Å². The van der Waals surface area contributed by atoms with Crippen molar-refractivity contribution >= 4 is 5.91 Å². The molecule has 3 heteroatoms. The summed E-state index contributed by atoms with van der Waals surface area (Å²) in [6.07, 6.45) is 2.12. The Labute approximate surface area is 61.0 Å². The van der Waals surface area contributed by atoms with Gasteiger partial charge in [0.15, 0.2) is 0 Å². The molecular weight excluding hydrogens is 128 g/mol. The van der Waals surface area contributed by atoms with E-state index in [4.69, 9.17) is 5.73 Å². The Morgan fingerprint density at radius 2 is 2.40 bits per heavy atom. The molecule has 1 amide bonds. The Kier molecular flexibility index (Phi) is 2.27. The number of rotatable bonds is 3. The Hall–Kier alpha value is -0.570. The van der Waals surface area contributed by atoms with E-state index < -0.39 is 0 Å². The number of hydrogen-bond acceptors (Lipinski definition) is 2. The van der Waals surface area contributed by atoms with Gasteiger partial charge in [0, 0.05) is 18.5 Å². The van der Waals surface area contributed by atoms with E-state index in [-0.39, 0.29) is 11.9 Å². The average Bonchev–Trinajstić information content (AvgIpc) is 2.63. The first-order valence-electron chi connectivity index (χ1n) is 3.73. The topological polar surface area (TPSA) is 55.1 Å². The third kappa shape index (κ3) is 2.35. The molecule has 1 fully saturated rings. The van der Waals surface area contributed by atoms with Crippen LogP contribution in [0.1, 0.15) is 19.8 Å².